The molecule has 30 heavy (non-hydrogen) atoms. The van der Waals surface area contributed by atoms with Crippen LogP contribution in [0.2, 0.25) is 0 Å². The number of benzene rings is 1. The molecule has 0 unspecified atom stereocenters. The van der Waals surface area contributed by atoms with Gasteiger partial charge in [0, 0.05) is 6.54 Å². The minimum Gasteiger partial charge on any atom is -0.481 e. The molecule has 1 aromatic heterocycles. The van der Waals surface area contributed by atoms with Crippen LogP contribution in [0, 0.1) is 0 Å². The number of methoxy groups -OCH3 is 2. The third kappa shape index (κ3) is 5.94. The number of hydrogen-bond donors (Lipinski definition) is 2. The summed E-state index contributed by atoms with van der Waals surface area (Å²) in [5, 5.41) is 2.29. The van der Waals surface area contributed by atoms with Crippen LogP contribution in [0.25, 0.3) is 0 Å². The molecule has 2 N–H and O–H groups in total. The molecule has 0 aliphatic carbocycles. The Morgan fingerprint density at radius 3 is 2.30 bits per heavy atom. The van der Waals surface area contributed by atoms with E-state index in [9.17, 15) is 13.2 Å². The standard InChI is InChI=1S/C18H23N5O5S.ClH/c1-27-15-11-16(28-2)20-17(19-15)21-18(24)22-29(25,26)14-8-4-3-7-13(14)12-23-9-5-6-10-23;/h3-4,7-8,11H,5-6,9-10,12H2,1-2H3,(H2,19,20,21,22,24);1H. The highest BCUT2D eigenvalue weighted by Crippen LogP contribution is 2.20. The maximum Gasteiger partial charge on any atom is 0.335 e. The van der Waals surface area contributed by atoms with E-state index in [-0.39, 0.29) is 35.0 Å². The Kier molecular flexibility index (Phi) is 8.21. The molecule has 0 spiro atoms. The molecule has 0 saturated carbocycles. The zero-order valence-corrected chi connectivity index (χ0v) is 18.3. The monoisotopic (exact) mass is 457 g/mol. The van der Waals surface area contributed by atoms with Crippen LogP contribution < -0.4 is 19.5 Å². The van der Waals surface area contributed by atoms with Gasteiger partial charge in [-0.15, -0.1) is 12.4 Å². The number of rotatable bonds is 7. The van der Waals surface area contributed by atoms with Gasteiger partial charge in [-0.1, -0.05) is 18.2 Å². The Labute approximate surface area is 181 Å². The number of ether oxygens (including phenoxy) is 2. The third-order valence-corrected chi connectivity index (χ3v) is 5.84. The molecular weight excluding hydrogens is 434 g/mol. The number of anilines is 1. The van der Waals surface area contributed by atoms with E-state index >= 15 is 0 Å². The number of sulfonamides is 1. The van der Waals surface area contributed by atoms with Crippen molar-refractivity contribution in [3.8, 4) is 11.8 Å². The lowest BCUT2D eigenvalue weighted by Crippen LogP contribution is -2.35. The van der Waals surface area contributed by atoms with Crippen molar-refractivity contribution < 1.29 is 22.7 Å². The first-order valence-corrected chi connectivity index (χ1v) is 10.5. The molecule has 0 bridgehead atoms. The molecule has 3 rings (SSSR count). The predicted molar refractivity (Wildman–Crippen MR) is 113 cm³/mol. The highest BCUT2D eigenvalue weighted by molar-refractivity contribution is 7.90. The van der Waals surface area contributed by atoms with Crippen molar-refractivity contribution in [3.63, 3.8) is 0 Å². The van der Waals surface area contributed by atoms with Gasteiger partial charge < -0.3 is 9.47 Å². The predicted octanol–water partition coefficient (Wildman–Crippen LogP) is 2.02. The highest BCUT2D eigenvalue weighted by Gasteiger charge is 2.23. The molecule has 1 aliphatic heterocycles. The van der Waals surface area contributed by atoms with E-state index in [0.717, 1.165) is 25.9 Å². The molecule has 1 saturated heterocycles. The maximum atomic E-state index is 12.8. The summed E-state index contributed by atoms with van der Waals surface area (Å²) in [4.78, 5) is 22.4. The molecule has 2 aromatic rings. The van der Waals surface area contributed by atoms with E-state index in [1.165, 1.54) is 26.4 Å². The van der Waals surface area contributed by atoms with Crippen LogP contribution in [0.1, 0.15) is 18.4 Å². The van der Waals surface area contributed by atoms with Crippen molar-refractivity contribution in [2.75, 3.05) is 32.6 Å². The van der Waals surface area contributed by atoms with Crippen molar-refractivity contribution >= 4 is 34.4 Å². The summed E-state index contributed by atoms with van der Waals surface area (Å²) in [5.74, 6) is 0.163. The summed E-state index contributed by atoms with van der Waals surface area (Å²) in [6.45, 7) is 2.36. The Hall–Kier alpha value is -2.63. The Bertz CT molecular complexity index is 960. The van der Waals surface area contributed by atoms with Crippen LogP contribution >= 0.6 is 12.4 Å². The van der Waals surface area contributed by atoms with Crippen molar-refractivity contribution in [2.24, 2.45) is 0 Å². The smallest absolute Gasteiger partial charge is 0.335 e. The minimum atomic E-state index is -4.09. The fourth-order valence-electron chi connectivity index (χ4n) is 3.05. The lowest BCUT2D eigenvalue weighted by molar-refractivity contribution is 0.256. The lowest BCUT2D eigenvalue weighted by Gasteiger charge is -2.17. The van der Waals surface area contributed by atoms with Gasteiger partial charge in [0.05, 0.1) is 25.2 Å². The molecule has 1 fully saturated rings. The molecule has 12 heteroatoms. The highest BCUT2D eigenvalue weighted by atomic mass is 35.5. The Morgan fingerprint density at radius 1 is 1.10 bits per heavy atom. The van der Waals surface area contributed by atoms with Crippen molar-refractivity contribution in [3.05, 3.63) is 35.9 Å². The molecule has 2 amide bonds. The van der Waals surface area contributed by atoms with Gasteiger partial charge in [0.15, 0.2) is 0 Å². The second kappa shape index (κ2) is 10.4. The van der Waals surface area contributed by atoms with Crippen molar-refractivity contribution in [2.45, 2.75) is 24.3 Å². The number of likely N-dealkylation sites (tertiary alicyclic amines) is 1. The summed E-state index contributed by atoms with van der Waals surface area (Å²) >= 11 is 0. The van der Waals surface area contributed by atoms with E-state index in [1.54, 1.807) is 18.2 Å². The molecule has 0 atom stereocenters. The van der Waals surface area contributed by atoms with E-state index in [1.807, 2.05) is 4.72 Å². The minimum absolute atomic E-state index is 0. The first-order valence-electron chi connectivity index (χ1n) is 9.02. The number of carbonyl (C=O) groups excluding carboxylic acids is 1. The second-order valence-corrected chi connectivity index (χ2v) is 8.08. The Balaban J connectivity index is 0.00000320. The summed E-state index contributed by atoms with van der Waals surface area (Å²) in [5.41, 5.74) is 0.633. The van der Waals surface area contributed by atoms with E-state index in [2.05, 4.69) is 20.2 Å². The largest absolute Gasteiger partial charge is 0.481 e. The number of nitrogens with zero attached hydrogens (tertiary/aromatic N) is 3. The van der Waals surface area contributed by atoms with Crippen LogP contribution in [0.4, 0.5) is 10.7 Å². The van der Waals surface area contributed by atoms with Gasteiger partial charge in [-0.05, 0) is 37.6 Å². The summed E-state index contributed by atoms with van der Waals surface area (Å²) in [6.07, 6.45) is 2.19. The first kappa shape index (κ1) is 23.6. The molecule has 10 nitrogen and oxygen atoms in total. The van der Waals surface area contributed by atoms with Gasteiger partial charge in [-0.3, -0.25) is 10.2 Å². The second-order valence-electron chi connectivity index (χ2n) is 6.43. The van der Waals surface area contributed by atoms with Gasteiger partial charge in [0.1, 0.15) is 0 Å². The average molecular weight is 458 g/mol. The number of urea groups is 1. The lowest BCUT2D eigenvalue weighted by atomic mass is 10.2. The van der Waals surface area contributed by atoms with Crippen LogP contribution in [-0.4, -0.2) is 56.6 Å². The Morgan fingerprint density at radius 2 is 1.70 bits per heavy atom. The first-order chi connectivity index (χ1) is 13.9. The average Bonchev–Trinajstić information content (AvgIpc) is 3.20. The number of amides is 2. The quantitative estimate of drug-likeness (QED) is 0.647. The molecular formula is C18H24ClN5O5S. The maximum absolute atomic E-state index is 12.8. The fourth-order valence-corrected chi connectivity index (χ4v) is 4.19. The molecule has 0 radical (unpaired) electrons. The third-order valence-electron chi connectivity index (χ3n) is 4.40. The van der Waals surface area contributed by atoms with Gasteiger partial charge in [-0.2, -0.15) is 9.97 Å². The zero-order valence-electron chi connectivity index (χ0n) is 16.6. The number of carbonyl (C=O) groups is 1. The fraction of sp³-hybridized carbons (Fsp3) is 0.389. The zero-order chi connectivity index (χ0) is 20.9. The van der Waals surface area contributed by atoms with Crippen LogP contribution in [0.15, 0.2) is 35.2 Å². The van der Waals surface area contributed by atoms with Crippen LogP contribution in [0.5, 0.6) is 11.8 Å². The van der Waals surface area contributed by atoms with Gasteiger partial charge >= 0.3 is 6.03 Å². The van der Waals surface area contributed by atoms with Crippen molar-refractivity contribution in [1.82, 2.24) is 19.6 Å². The molecule has 1 aliphatic rings. The summed E-state index contributed by atoms with van der Waals surface area (Å²) in [7, 11) is -1.30. The number of aromatic nitrogens is 2. The summed E-state index contributed by atoms with van der Waals surface area (Å²) in [6, 6.07) is 7.06. The molecule has 2 heterocycles. The van der Waals surface area contributed by atoms with Gasteiger partial charge in [-0.25, -0.2) is 17.9 Å². The molecule has 1 aromatic carbocycles. The van der Waals surface area contributed by atoms with Crippen LogP contribution in [0.3, 0.4) is 0 Å². The van der Waals surface area contributed by atoms with E-state index in [0.29, 0.717) is 12.1 Å². The van der Waals surface area contributed by atoms with Crippen molar-refractivity contribution in [1.29, 1.82) is 0 Å². The topological polar surface area (TPSA) is 123 Å². The number of hydrogen-bond acceptors (Lipinski definition) is 8. The number of nitrogens with one attached hydrogen (secondary N) is 2. The van der Waals surface area contributed by atoms with Crippen LogP contribution in [-0.2, 0) is 16.6 Å². The van der Waals surface area contributed by atoms with E-state index < -0.39 is 16.1 Å². The summed E-state index contributed by atoms with van der Waals surface area (Å²) < 4.78 is 37.6. The molecule has 164 valence electrons. The normalized spacial score (nSPS) is 13.9. The SMILES string of the molecule is COc1cc(OC)nc(NC(=O)NS(=O)(=O)c2ccccc2CN2CCCC2)n1.Cl. The number of halogens is 1. The van der Waals surface area contributed by atoms with Gasteiger partial charge in [0.25, 0.3) is 10.0 Å². The van der Waals surface area contributed by atoms with Gasteiger partial charge in [0.2, 0.25) is 17.7 Å². The van der Waals surface area contributed by atoms with E-state index in [4.69, 9.17) is 9.47 Å².